The van der Waals surface area contributed by atoms with Crippen LogP contribution in [0.5, 0.6) is 0 Å². The molecule has 0 radical (unpaired) electrons. The van der Waals surface area contributed by atoms with Crippen LogP contribution in [-0.4, -0.2) is 168 Å². The molecule has 0 heterocycles. The van der Waals surface area contributed by atoms with E-state index in [1.807, 2.05) is 0 Å². The summed E-state index contributed by atoms with van der Waals surface area (Å²) >= 11 is 0. The Kier molecular flexibility index (Phi) is 41.6. The lowest BCUT2D eigenvalue weighted by Crippen LogP contribution is -2.46. The van der Waals surface area contributed by atoms with Crippen molar-refractivity contribution >= 4 is 35.8 Å². The molecule has 0 bridgehead atoms. The monoisotopic (exact) mass is 1110 g/mol. The van der Waals surface area contributed by atoms with Crippen molar-refractivity contribution in [3.8, 4) is 0 Å². The highest BCUT2D eigenvalue weighted by Crippen LogP contribution is 2.26. The zero-order chi connectivity index (χ0) is 57.7. The van der Waals surface area contributed by atoms with Gasteiger partial charge in [0.1, 0.15) is 0 Å². The van der Waals surface area contributed by atoms with Crippen LogP contribution < -0.4 is 0 Å². The fourth-order valence-electron chi connectivity index (χ4n) is 4.77. The first kappa shape index (κ1) is 71.7. The molecule has 0 aromatic carbocycles. The zero-order valence-corrected chi connectivity index (χ0v) is 45.8. The highest BCUT2D eigenvalue weighted by Gasteiger charge is 2.39. The topological polar surface area (TPSA) is 278 Å². The summed E-state index contributed by atoms with van der Waals surface area (Å²) in [6.45, 7) is 28.1. The molecule has 440 valence electrons. The van der Waals surface area contributed by atoms with Crippen molar-refractivity contribution in [3.05, 3.63) is 72.9 Å². The molecule has 0 aromatic heterocycles. The highest BCUT2D eigenvalue weighted by atomic mass is 17.2. The van der Waals surface area contributed by atoms with Crippen LogP contribution >= 0.6 is 0 Å². The number of carbonyl (C=O) groups is 6. The third-order valence-electron chi connectivity index (χ3n) is 9.23. The zero-order valence-electron chi connectivity index (χ0n) is 45.8. The van der Waals surface area contributed by atoms with Crippen LogP contribution in [0, 0.1) is 10.8 Å². The van der Waals surface area contributed by atoms with E-state index >= 15 is 0 Å². The van der Waals surface area contributed by atoms with Gasteiger partial charge in [-0.25, -0.2) is 87.4 Å². The van der Waals surface area contributed by atoms with Gasteiger partial charge in [0.2, 0.25) is 0 Å². The molecule has 0 amide bonds. The van der Waals surface area contributed by atoms with Crippen molar-refractivity contribution in [1.82, 2.24) is 0 Å². The van der Waals surface area contributed by atoms with Gasteiger partial charge in [0, 0.05) is 72.0 Å². The number of hydrogen-bond donors (Lipinski definition) is 0. The Hall–Kier alpha value is -5.26. The number of esters is 6. The Morgan fingerprint density at radius 2 is 0.403 bits per heavy atom. The fourth-order valence-corrected chi connectivity index (χ4v) is 4.77. The first-order valence-electron chi connectivity index (χ1n) is 24.7. The predicted octanol–water partition coefficient (Wildman–Crippen LogP) is 5.72. The fraction of sp³-hybridized carbons (Fsp3) is 0.654. The quantitative estimate of drug-likeness (QED) is 0.0176. The maximum Gasteiger partial charge on any atom is 0.333 e. The van der Waals surface area contributed by atoms with Crippen molar-refractivity contribution in [2.24, 2.45) is 10.8 Å². The third-order valence-corrected chi connectivity index (χ3v) is 9.23. The molecule has 0 aliphatic rings. The molecule has 25 heteroatoms. The van der Waals surface area contributed by atoms with Gasteiger partial charge >= 0.3 is 35.8 Å². The molecular formula is C52H82O25. The minimum absolute atomic E-state index is 0.0133. The smallest absolute Gasteiger partial charge is 0.333 e. The van der Waals surface area contributed by atoms with Gasteiger partial charge in [0.15, 0.2) is 0 Å². The second-order valence-electron chi connectivity index (χ2n) is 17.6. The lowest BCUT2D eigenvalue weighted by Gasteiger charge is -2.35. The van der Waals surface area contributed by atoms with Crippen LogP contribution in [-0.2, 0) is 121 Å². The molecule has 0 aliphatic carbocycles. The van der Waals surface area contributed by atoms with Gasteiger partial charge in [0.25, 0.3) is 0 Å². The summed E-state index contributed by atoms with van der Waals surface area (Å²) in [5.41, 5.74) is -1.29. The Labute approximate surface area is 451 Å². The van der Waals surface area contributed by atoms with Gasteiger partial charge in [-0.1, -0.05) is 39.5 Å². The molecule has 77 heavy (non-hydrogen) atoms. The van der Waals surface area contributed by atoms with Gasteiger partial charge in [-0.3, -0.25) is 0 Å². The van der Waals surface area contributed by atoms with Crippen LogP contribution in [0.15, 0.2) is 72.9 Å². The Morgan fingerprint density at radius 1 is 0.247 bits per heavy atom. The van der Waals surface area contributed by atoms with E-state index in [4.69, 9.17) is 91.8 Å². The standard InChI is InChI=1S/C52H82O25/c1-39(2)45(53)60-19-13-25-66-72-33-51(34-73-67-26-14-20-61-46(54)40(3)4,35-74-68-27-15-21-62-47(55)41(5)6)31-59-32-52(36-75-69-28-16-22-63-48(56)42(7)8,37-76-70-29-17-23-64-49(57)43(9)10)38-77-71-30-18-24-65-50(58)44(11)12/h1,3,5,7,9,11,13-38H2,2,4,6,8,10,12H3. The second kappa shape index (κ2) is 44.7. The first-order valence-corrected chi connectivity index (χ1v) is 24.7. The molecule has 0 saturated carbocycles. The summed E-state index contributed by atoms with van der Waals surface area (Å²) in [5, 5.41) is 0. The van der Waals surface area contributed by atoms with E-state index in [1.54, 1.807) is 0 Å². The van der Waals surface area contributed by atoms with E-state index < -0.39 is 46.6 Å². The van der Waals surface area contributed by atoms with E-state index in [9.17, 15) is 28.8 Å². The molecule has 0 aliphatic heterocycles. The minimum atomic E-state index is -1.34. The molecule has 0 spiro atoms. The number of ether oxygens (including phenoxy) is 7. The SMILES string of the molecule is C=C(C)C(=O)OCCCOOCC(COCC(COOCCCOC(=O)C(=C)C)(COOCCCOC(=O)C(=C)C)COOCCCOC(=O)C(=C)C)(COOCCCOC(=O)C(=C)C)COOCCCOC(=O)C(=C)C. The van der Waals surface area contributed by atoms with Gasteiger partial charge in [-0.05, 0) is 41.5 Å². The maximum atomic E-state index is 11.9. The van der Waals surface area contributed by atoms with Crippen LogP contribution in [0.1, 0.15) is 80.1 Å². The summed E-state index contributed by atoms with van der Waals surface area (Å²) < 4.78 is 37.2. The van der Waals surface area contributed by atoms with Crippen LogP contribution in [0.3, 0.4) is 0 Å². The number of carbonyl (C=O) groups excluding carboxylic acids is 6. The molecule has 0 unspecified atom stereocenters. The molecule has 0 N–H and O–H groups in total. The van der Waals surface area contributed by atoms with Crippen molar-refractivity contribution in [2.45, 2.75) is 80.1 Å². The molecule has 0 fully saturated rings. The molecule has 0 rings (SSSR count). The third kappa shape index (κ3) is 38.9. The predicted molar refractivity (Wildman–Crippen MR) is 269 cm³/mol. The average molecular weight is 1110 g/mol. The summed E-state index contributed by atoms with van der Waals surface area (Å²) in [7, 11) is 0. The minimum Gasteiger partial charge on any atom is -0.462 e. The molecule has 25 nitrogen and oxygen atoms in total. The lowest BCUT2D eigenvalue weighted by molar-refractivity contribution is -0.380. The van der Waals surface area contributed by atoms with E-state index in [2.05, 4.69) is 39.5 Å². The van der Waals surface area contributed by atoms with Gasteiger partial charge < -0.3 is 33.2 Å². The average Bonchev–Trinajstić information content (AvgIpc) is 3.38. The van der Waals surface area contributed by atoms with Crippen LogP contribution in [0.25, 0.3) is 0 Å². The van der Waals surface area contributed by atoms with Crippen molar-refractivity contribution in [3.63, 3.8) is 0 Å². The van der Waals surface area contributed by atoms with Gasteiger partial charge in [-0.2, -0.15) is 0 Å². The molecule has 0 atom stereocenters. The van der Waals surface area contributed by atoms with Crippen LogP contribution in [0.2, 0.25) is 0 Å². The summed E-state index contributed by atoms with van der Waals surface area (Å²) in [4.78, 5) is 138. The van der Waals surface area contributed by atoms with E-state index in [0.717, 1.165) is 0 Å². The van der Waals surface area contributed by atoms with E-state index in [1.165, 1.54) is 41.5 Å². The van der Waals surface area contributed by atoms with Crippen LogP contribution in [0.4, 0.5) is 0 Å². The van der Waals surface area contributed by atoms with E-state index in [0.29, 0.717) is 0 Å². The van der Waals surface area contributed by atoms with Crippen molar-refractivity contribution < 1.29 is 121 Å². The normalized spacial score (nSPS) is 11.3. The first-order chi connectivity index (χ1) is 36.7. The highest BCUT2D eigenvalue weighted by molar-refractivity contribution is 5.88. The Bertz CT molecular complexity index is 1500. The second-order valence-corrected chi connectivity index (χ2v) is 17.6. The molecule has 0 saturated heterocycles. The Balaban J connectivity index is 6.70. The maximum absolute atomic E-state index is 11.9. The van der Waals surface area contributed by atoms with Gasteiger partial charge in [0.05, 0.1) is 143 Å². The Morgan fingerprint density at radius 3 is 0.545 bits per heavy atom. The van der Waals surface area contributed by atoms with Gasteiger partial charge in [-0.15, -0.1) is 0 Å². The van der Waals surface area contributed by atoms with Crippen molar-refractivity contribution in [2.75, 3.05) is 132 Å². The summed E-state index contributed by atoms with van der Waals surface area (Å²) in [6.07, 6.45) is 1.51. The number of hydrogen-bond acceptors (Lipinski definition) is 25. The number of rotatable bonds is 52. The molecule has 0 aromatic rings. The largest absolute Gasteiger partial charge is 0.462 e. The summed E-state index contributed by atoms with van der Waals surface area (Å²) in [6, 6.07) is 0. The molecular weight excluding hydrogens is 1020 g/mol. The van der Waals surface area contributed by atoms with Crippen molar-refractivity contribution in [1.29, 1.82) is 0 Å². The summed E-state index contributed by atoms with van der Waals surface area (Å²) in [5.74, 6) is -3.38. The lowest BCUT2D eigenvalue weighted by atomic mass is 9.90. The van der Waals surface area contributed by atoms with E-state index in [-0.39, 0.29) is 204 Å².